The highest BCUT2D eigenvalue weighted by molar-refractivity contribution is 5.94. The van der Waals surface area contributed by atoms with Crippen molar-refractivity contribution in [2.45, 2.75) is 52.7 Å². The van der Waals surface area contributed by atoms with Gasteiger partial charge >= 0.3 is 6.09 Å². The van der Waals surface area contributed by atoms with Crippen molar-refractivity contribution < 1.29 is 19.1 Å². The van der Waals surface area contributed by atoms with Crippen LogP contribution in [0.25, 0.3) is 5.65 Å². The van der Waals surface area contributed by atoms with E-state index in [2.05, 4.69) is 4.98 Å². The van der Waals surface area contributed by atoms with Crippen molar-refractivity contribution in [2.24, 2.45) is 0 Å². The van der Waals surface area contributed by atoms with Crippen LogP contribution in [-0.4, -0.2) is 57.6 Å². The van der Waals surface area contributed by atoms with Crippen LogP contribution in [0.2, 0.25) is 0 Å². The Bertz CT molecular complexity index is 866. The number of carbonyl (C=O) groups is 2. The van der Waals surface area contributed by atoms with Crippen LogP contribution >= 0.6 is 0 Å². The molecule has 0 spiro atoms. The highest BCUT2D eigenvalue weighted by Crippen LogP contribution is 2.20. The fraction of sp³-hybridized carbons (Fsp3) is 0.550. The van der Waals surface area contributed by atoms with Crippen LogP contribution in [0.5, 0.6) is 0 Å². The molecule has 0 unspecified atom stereocenters. The van der Waals surface area contributed by atoms with Crippen LogP contribution in [0.15, 0.2) is 18.3 Å². The molecule has 1 fully saturated rings. The van der Waals surface area contributed by atoms with Gasteiger partial charge in [0, 0.05) is 26.1 Å². The molecule has 3 rings (SSSR count). The number of aromatic nitrogens is 2. The number of imidazole rings is 1. The lowest BCUT2D eigenvalue weighted by Gasteiger charge is -2.34. The first kappa shape index (κ1) is 19.4. The summed E-state index contributed by atoms with van der Waals surface area (Å²) in [5, 5.41) is 0. The molecule has 1 aliphatic heterocycles. The number of ketones is 1. The summed E-state index contributed by atoms with van der Waals surface area (Å²) in [6, 6.07) is 3.93. The standard InChI is InChI=1S/C20H27N3O4/c1-13-6-7-23-16(18(14(2)24)21-17(23)10-13)11-15-12-22(8-9-26-15)19(25)27-20(3,4)5/h6-7,10,15H,8-9,11-12H2,1-5H3/t15-/m0/s1. The molecule has 2 aromatic heterocycles. The third-order valence-electron chi connectivity index (χ3n) is 4.43. The molecule has 0 saturated carbocycles. The summed E-state index contributed by atoms with van der Waals surface area (Å²) in [6.45, 7) is 10.4. The van der Waals surface area contributed by atoms with Gasteiger partial charge in [0.1, 0.15) is 16.9 Å². The molecule has 7 heteroatoms. The summed E-state index contributed by atoms with van der Waals surface area (Å²) >= 11 is 0. The van der Waals surface area contributed by atoms with Gasteiger partial charge in [0.15, 0.2) is 5.78 Å². The van der Waals surface area contributed by atoms with Crippen molar-refractivity contribution in [3.8, 4) is 0 Å². The van der Waals surface area contributed by atoms with E-state index in [1.54, 1.807) is 4.90 Å². The molecule has 1 aliphatic rings. The van der Waals surface area contributed by atoms with Gasteiger partial charge in [-0.1, -0.05) is 0 Å². The molecule has 0 radical (unpaired) electrons. The van der Waals surface area contributed by atoms with Gasteiger partial charge in [-0.25, -0.2) is 9.78 Å². The van der Waals surface area contributed by atoms with Crippen molar-refractivity contribution in [3.05, 3.63) is 35.3 Å². The maximum absolute atomic E-state index is 12.4. The lowest BCUT2D eigenvalue weighted by Crippen LogP contribution is -2.48. The molecular formula is C20H27N3O4. The maximum Gasteiger partial charge on any atom is 0.410 e. The van der Waals surface area contributed by atoms with E-state index in [1.807, 2.05) is 50.4 Å². The van der Waals surface area contributed by atoms with Gasteiger partial charge in [0.25, 0.3) is 0 Å². The fourth-order valence-corrected chi connectivity index (χ4v) is 3.23. The van der Waals surface area contributed by atoms with Crippen LogP contribution in [0, 0.1) is 6.92 Å². The molecule has 27 heavy (non-hydrogen) atoms. The van der Waals surface area contributed by atoms with E-state index in [0.717, 1.165) is 16.9 Å². The molecule has 146 valence electrons. The summed E-state index contributed by atoms with van der Waals surface area (Å²) in [5.74, 6) is -0.0776. The number of Topliss-reactive ketones (excluding diaryl/α,β-unsaturated/α-hetero) is 1. The molecule has 1 atom stereocenters. The second kappa shape index (κ2) is 7.31. The highest BCUT2D eigenvalue weighted by atomic mass is 16.6. The number of carbonyl (C=O) groups excluding carboxylic acids is 2. The summed E-state index contributed by atoms with van der Waals surface area (Å²) < 4.78 is 13.3. The van der Waals surface area contributed by atoms with Crippen LogP contribution in [0.3, 0.4) is 0 Å². The van der Waals surface area contributed by atoms with Gasteiger partial charge in [0.05, 0.1) is 24.9 Å². The molecule has 3 heterocycles. The Kier molecular flexibility index (Phi) is 5.24. The number of fused-ring (bicyclic) bond motifs is 1. The Hall–Kier alpha value is -2.41. The number of amides is 1. The van der Waals surface area contributed by atoms with Crippen molar-refractivity contribution in [1.29, 1.82) is 0 Å². The topological polar surface area (TPSA) is 73.1 Å². The van der Waals surface area contributed by atoms with E-state index in [9.17, 15) is 9.59 Å². The van der Waals surface area contributed by atoms with Crippen LogP contribution in [0.1, 0.15) is 49.4 Å². The number of ether oxygens (including phenoxy) is 2. The molecule has 0 bridgehead atoms. The normalized spacial score (nSPS) is 18.0. The van der Waals surface area contributed by atoms with E-state index in [4.69, 9.17) is 9.47 Å². The first-order chi connectivity index (χ1) is 12.6. The molecular weight excluding hydrogens is 346 g/mol. The number of nitrogens with zero attached hydrogens (tertiary/aromatic N) is 3. The zero-order valence-corrected chi connectivity index (χ0v) is 16.6. The molecule has 0 aromatic carbocycles. The van der Waals surface area contributed by atoms with Gasteiger partial charge in [-0.2, -0.15) is 0 Å². The molecule has 0 N–H and O–H groups in total. The first-order valence-electron chi connectivity index (χ1n) is 9.22. The fourth-order valence-electron chi connectivity index (χ4n) is 3.23. The monoisotopic (exact) mass is 373 g/mol. The number of morpholine rings is 1. The summed E-state index contributed by atoms with van der Waals surface area (Å²) in [7, 11) is 0. The van der Waals surface area contributed by atoms with Crippen LogP contribution in [-0.2, 0) is 15.9 Å². The lowest BCUT2D eigenvalue weighted by molar-refractivity contribution is -0.0419. The minimum Gasteiger partial charge on any atom is -0.444 e. The number of pyridine rings is 1. The highest BCUT2D eigenvalue weighted by Gasteiger charge is 2.30. The zero-order chi connectivity index (χ0) is 19.8. The Labute approximate surface area is 159 Å². The second-order valence-corrected chi connectivity index (χ2v) is 8.02. The van der Waals surface area contributed by atoms with E-state index < -0.39 is 5.60 Å². The van der Waals surface area contributed by atoms with Crippen LogP contribution < -0.4 is 0 Å². The molecule has 1 amide bonds. The first-order valence-corrected chi connectivity index (χ1v) is 9.22. The second-order valence-electron chi connectivity index (χ2n) is 8.02. The van der Waals surface area contributed by atoms with Crippen molar-refractivity contribution >= 4 is 17.5 Å². The minimum atomic E-state index is -0.536. The number of hydrogen-bond acceptors (Lipinski definition) is 5. The Morgan fingerprint density at radius 2 is 2.11 bits per heavy atom. The summed E-state index contributed by atoms with van der Waals surface area (Å²) in [6.07, 6.45) is 1.87. The van der Waals surface area contributed by atoms with Gasteiger partial charge in [-0.3, -0.25) is 4.79 Å². The summed E-state index contributed by atoms with van der Waals surface area (Å²) in [4.78, 5) is 30.6. The van der Waals surface area contributed by atoms with E-state index in [0.29, 0.717) is 31.8 Å². The molecule has 1 saturated heterocycles. The maximum atomic E-state index is 12.4. The smallest absolute Gasteiger partial charge is 0.410 e. The average molecular weight is 373 g/mol. The van der Waals surface area contributed by atoms with E-state index >= 15 is 0 Å². The summed E-state index contributed by atoms with van der Waals surface area (Å²) in [5.41, 5.74) is 2.56. The predicted octanol–water partition coefficient (Wildman–Crippen LogP) is 3.02. The minimum absolute atomic E-state index is 0.0776. The SMILES string of the molecule is CC(=O)c1nc2cc(C)ccn2c1C[C@H]1CN(C(=O)OC(C)(C)C)CCO1. The Balaban J connectivity index is 1.81. The predicted molar refractivity (Wildman–Crippen MR) is 101 cm³/mol. The lowest BCUT2D eigenvalue weighted by atomic mass is 10.1. The zero-order valence-electron chi connectivity index (χ0n) is 16.6. The van der Waals surface area contributed by atoms with Crippen LogP contribution in [0.4, 0.5) is 4.79 Å². The average Bonchev–Trinajstić information content (AvgIpc) is 2.91. The Morgan fingerprint density at radius 3 is 2.78 bits per heavy atom. The third kappa shape index (κ3) is 4.47. The quantitative estimate of drug-likeness (QED) is 0.773. The molecule has 7 nitrogen and oxygen atoms in total. The molecule has 2 aromatic rings. The van der Waals surface area contributed by atoms with Gasteiger partial charge < -0.3 is 18.8 Å². The number of hydrogen-bond donors (Lipinski definition) is 0. The van der Waals surface area contributed by atoms with E-state index in [1.165, 1.54) is 6.92 Å². The number of rotatable bonds is 3. The third-order valence-corrected chi connectivity index (χ3v) is 4.43. The Morgan fingerprint density at radius 1 is 1.37 bits per heavy atom. The largest absolute Gasteiger partial charge is 0.444 e. The molecule has 0 aliphatic carbocycles. The van der Waals surface area contributed by atoms with Crippen molar-refractivity contribution in [3.63, 3.8) is 0 Å². The van der Waals surface area contributed by atoms with Crippen molar-refractivity contribution in [2.75, 3.05) is 19.7 Å². The van der Waals surface area contributed by atoms with Crippen molar-refractivity contribution in [1.82, 2.24) is 14.3 Å². The van der Waals surface area contributed by atoms with Gasteiger partial charge in [0.2, 0.25) is 0 Å². The van der Waals surface area contributed by atoms with Gasteiger partial charge in [-0.15, -0.1) is 0 Å². The van der Waals surface area contributed by atoms with Gasteiger partial charge in [-0.05, 0) is 45.4 Å². The van der Waals surface area contributed by atoms with E-state index in [-0.39, 0.29) is 18.0 Å². The number of aryl methyl sites for hydroxylation is 1.